The number of hydrogen-bond donors (Lipinski definition) is 0. The summed E-state index contributed by atoms with van der Waals surface area (Å²) in [4.78, 5) is 0. The fraction of sp³-hybridized carbons (Fsp3) is 0.389. The Morgan fingerprint density at radius 1 is 0.358 bits per heavy atom. The Morgan fingerprint density at radius 2 is 0.789 bits per heavy atom. The lowest BCUT2D eigenvalue weighted by atomic mass is 9.81. The summed E-state index contributed by atoms with van der Waals surface area (Å²) in [5.74, 6) is 0.530. The monoisotopic (exact) mass is 1260 g/mol. The molecule has 0 N–H and O–H groups in total. The molecule has 4 atom stereocenters. The Hall–Kier alpha value is -8.15. The summed E-state index contributed by atoms with van der Waals surface area (Å²) in [6.07, 6.45) is 17.8. The van der Waals surface area contributed by atoms with Crippen molar-refractivity contribution < 1.29 is 25.6 Å². The minimum atomic E-state index is -0.576. The molecule has 6 aliphatic carbocycles. The Kier molecular flexibility index (Phi) is 17.6. The smallest absolute Gasteiger partial charge is 0.201 e. The van der Waals surface area contributed by atoms with Crippen molar-refractivity contribution in [3.05, 3.63) is 267 Å². The van der Waals surface area contributed by atoms with Crippen LogP contribution in [0, 0.1) is 41.5 Å². The number of pyridine rings is 5. The number of aromatic nitrogens is 5. The number of rotatable bonds is 5. The van der Waals surface area contributed by atoms with Crippen LogP contribution in [0.15, 0.2) is 189 Å². The van der Waals surface area contributed by atoms with Crippen molar-refractivity contribution in [2.75, 3.05) is 0 Å². The van der Waals surface area contributed by atoms with E-state index < -0.39 is 11.8 Å². The minimum Gasteiger partial charge on any atom is -0.201 e. The lowest BCUT2D eigenvalue weighted by Gasteiger charge is -2.22. The largest absolute Gasteiger partial charge is 0.216 e. The summed E-state index contributed by atoms with van der Waals surface area (Å²) in [6, 6.07) is 58.6. The van der Waals surface area contributed by atoms with E-state index in [-0.39, 0.29) is 21.7 Å². The van der Waals surface area contributed by atoms with Crippen LogP contribution in [0.4, 0.5) is 0 Å². The molecule has 16 rings (SSSR count). The van der Waals surface area contributed by atoms with Crippen molar-refractivity contribution in [2.24, 2.45) is 35.2 Å². The molecule has 5 aromatic heterocycles. The van der Waals surface area contributed by atoms with Gasteiger partial charge in [0.05, 0.1) is 0 Å². The van der Waals surface area contributed by atoms with Crippen molar-refractivity contribution in [1.82, 2.24) is 0 Å². The molecule has 5 heteroatoms. The Bertz CT molecular complexity index is 4590. The summed E-state index contributed by atoms with van der Waals surface area (Å²) < 4.78 is 28.9. The minimum absolute atomic E-state index is 0.218. The quantitative estimate of drug-likeness (QED) is 0.153. The lowest BCUT2D eigenvalue weighted by molar-refractivity contribution is -0.666. The maximum atomic E-state index is 8.90. The first kappa shape index (κ1) is 64.2. The van der Waals surface area contributed by atoms with Gasteiger partial charge < -0.3 is 0 Å². The van der Waals surface area contributed by atoms with Gasteiger partial charge in [-0.25, -0.2) is 18.3 Å². The van der Waals surface area contributed by atoms with Crippen LogP contribution in [0.1, 0.15) is 211 Å². The number of aryl methyl sites for hydroxylation is 10. The van der Waals surface area contributed by atoms with Crippen molar-refractivity contribution >= 4 is 0 Å². The fourth-order valence-corrected chi connectivity index (χ4v) is 18.2. The average molecular weight is 1260 g/mol. The highest BCUT2D eigenvalue weighted by Gasteiger charge is 2.48. The van der Waals surface area contributed by atoms with Crippen LogP contribution >= 0.6 is 0 Å². The van der Waals surface area contributed by atoms with Gasteiger partial charge in [0.25, 0.3) is 0 Å². The van der Waals surface area contributed by atoms with E-state index in [9.17, 15) is 0 Å². The van der Waals surface area contributed by atoms with Gasteiger partial charge in [-0.3, -0.25) is 0 Å². The number of nitrogens with zero attached hydrogens (tertiary/aromatic N) is 5. The van der Waals surface area contributed by atoms with Gasteiger partial charge in [-0.1, -0.05) is 146 Å². The zero-order valence-corrected chi connectivity index (χ0v) is 60.9. The van der Waals surface area contributed by atoms with Gasteiger partial charge in [-0.05, 0) is 218 Å². The number of benzene rings is 5. The van der Waals surface area contributed by atoms with Crippen molar-refractivity contribution in [2.45, 2.75) is 194 Å². The van der Waals surface area contributed by atoms with Crippen LogP contribution in [-0.2, 0) is 56.9 Å². The fourth-order valence-electron chi connectivity index (χ4n) is 18.2. The molecule has 2 fully saturated rings. The van der Waals surface area contributed by atoms with Gasteiger partial charge in [0, 0.05) is 96.1 Å². The van der Waals surface area contributed by atoms with E-state index in [1.165, 1.54) is 138 Å². The molecule has 6 aliphatic rings. The Labute approximate surface area is 574 Å². The molecule has 0 radical (unpaired) electrons. The highest BCUT2D eigenvalue weighted by Crippen LogP contribution is 2.57. The van der Waals surface area contributed by atoms with Gasteiger partial charge >= 0.3 is 0 Å². The van der Waals surface area contributed by atoms with Gasteiger partial charge in [0.2, 0.25) is 28.5 Å². The van der Waals surface area contributed by atoms with Crippen LogP contribution in [0.5, 0.6) is 0 Å². The molecule has 4 unspecified atom stereocenters. The average Bonchev–Trinajstić information content (AvgIpc) is 1.55. The first-order chi connectivity index (χ1) is 45.9. The molecule has 10 aromatic rings. The molecule has 5 heterocycles. The molecule has 4 bridgehead atoms. The zero-order chi connectivity index (χ0) is 69.5. The molecule has 5 nitrogen and oxygen atoms in total. The molecule has 2 saturated carbocycles. The maximum absolute atomic E-state index is 8.90. The first-order valence-electron chi connectivity index (χ1n) is 36.3. The second-order valence-corrected chi connectivity index (χ2v) is 31.5. The molecule has 5 aromatic carbocycles. The van der Waals surface area contributed by atoms with Crippen LogP contribution in [0.2, 0.25) is 0 Å². The second kappa shape index (κ2) is 26.1. The molecule has 0 amide bonds. The van der Waals surface area contributed by atoms with Crippen LogP contribution in [0.3, 0.4) is 0 Å². The Balaban J connectivity index is 0.000000116. The highest BCUT2D eigenvalue weighted by molar-refractivity contribution is 5.71. The summed E-state index contributed by atoms with van der Waals surface area (Å²) in [7, 11) is 10.7. The standard InChI is InChI=1S/2C20H26N.2C18H20N.C14H16N/c1-14-9-7-8-10-15(14)18-11-16-17(12-21(18)6)20(4,5)13-19(16,2)3;1-14-9-7-8-10-15(14)18-17-16(11-12-21(18)6)19(2,3)13-20(17,4)5;2*1-12-5-3-4-6-15(12)18-17-14-8-7-13(11-14)16(17)9-10-19(18)2;1-11-7-4-5-9-13(11)14-10-6-8-12(2)15(14)3/h2*7-12H,13H2,1-6H3;2*3-6,9-10,13-14H,7-8,11H2,1-2H3;4-10H,1-3H3/q5*+1/i;;13D,14D;;. The van der Waals surface area contributed by atoms with E-state index in [1.807, 2.05) is 7.05 Å². The number of fused-ring (bicyclic) bond motifs is 12. The van der Waals surface area contributed by atoms with Gasteiger partial charge in [-0.15, -0.1) is 0 Å². The molecule has 0 saturated heterocycles. The summed E-state index contributed by atoms with van der Waals surface area (Å²) in [6.45, 7) is 32.1. The van der Waals surface area contributed by atoms with Crippen LogP contribution in [0.25, 0.3) is 56.3 Å². The topological polar surface area (TPSA) is 19.4 Å². The maximum Gasteiger partial charge on any atom is 0.216 e. The van der Waals surface area contributed by atoms with E-state index in [0.29, 0.717) is 6.42 Å². The SMILES string of the molecule is Cc1ccccc1-c1c2c(cc[n+]1C)C(C)(C)CC2(C)C.Cc1ccccc1-c1c2c(cc[n+]1C)C1CCC2C1.Cc1ccccc1-c1cc2c(c[n+]1C)C(C)(C)CC2(C)C.Cc1ccccc1-c1cccc(C)[n+]1C.[2H]C12CCC([2H])(C1)c1c2cc[n+](C)c1-c1ccccc1C. The molecular weight excluding hydrogens is 1150 g/mol. The third kappa shape index (κ3) is 12.7. The predicted molar refractivity (Wildman–Crippen MR) is 394 cm³/mol. The van der Waals surface area contributed by atoms with Gasteiger partial charge in [-0.2, -0.15) is 4.57 Å². The van der Waals surface area contributed by atoms with E-state index in [1.54, 1.807) is 11.1 Å². The van der Waals surface area contributed by atoms with Crippen LogP contribution < -0.4 is 22.8 Å². The van der Waals surface area contributed by atoms with E-state index in [0.717, 1.165) is 41.5 Å². The molecular formula is C90H108N5+5. The molecule has 0 aliphatic heterocycles. The van der Waals surface area contributed by atoms with Crippen molar-refractivity contribution in [1.29, 1.82) is 0 Å². The highest BCUT2D eigenvalue weighted by atomic mass is 15.0. The van der Waals surface area contributed by atoms with Gasteiger partial charge in [0.15, 0.2) is 30.5 Å². The molecule has 0 spiro atoms. The van der Waals surface area contributed by atoms with Crippen LogP contribution in [-0.4, -0.2) is 0 Å². The van der Waals surface area contributed by atoms with E-state index in [4.69, 9.17) is 2.74 Å². The van der Waals surface area contributed by atoms with E-state index >= 15 is 0 Å². The predicted octanol–water partition coefficient (Wildman–Crippen LogP) is 19.4. The number of hydrogen-bond acceptors (Lipinski definition) is 0. The zero-order valence-electron chi connectivity index (χ0n) is 62.9. The summed E-state index contributed by atoms with van der Waals surface area (Å²) in [5, 5.41) is 0. The normalized spacial score (nSPS) is 21.2. The van der Waals surface area contributed by atoms with Gasteiger partial charge in [0.1, 0.15) is 35.2 Å². The molecule has 488 valence electrons. The summed E-state index contributed by atoms with van der Waals surface area (Å²) in [5.41, 5.74) is 33.6. The third-order valence-electron chi connectivity index (χ3n) is 22.6. The molecule has 95 heavy (non-hydrogen) atoms. The third-order valence-corrected chi connectivity index (χ3v) is 22.6. The summed E-state index contributed by atoms with van der Waals surface area (Å²) >= 11 is 0. The second-order valence-electron chi connectivity index (χ2n) is 31.5. The van der Waals surface area contributed by atoms with Crippen molar-refractivity contribution in [3.63, 3.8) is 0 Å². The first-order valence-corrected chi connectivity index (χ1v) is 35.3. The van der Waals surface area contributed by atoms with Crippen molar-refractivity contribution in [3.8, 4) is 56.3 Å². The lowest BCUT2D eigenvalue weighted by Crippen LogP contribution is -2.34. The Morgan fingerprint density at radius 3 is 1.35 bits per heavy atom. The van der Waals surface area contributed by atoms with E-state index in [2.05, 4.69) is 337 Å².